The zero-order valence-corrected chi connectivity index (χ0v) is 11.3. The normalized spacial score (nSPS) is 11.2. The van der Waals surface area contributed by atoms with Crippen LogP contribution in [0.4, 0.5) is 19.0 Å². The van der Waals surface area contributed by atoms with Gasteiger partial charge in [0.05, 0.1) is 10.7 Å². The van der Waals surface area contributed by atoms with Crippen molar-refractivity contribution < 1.29 is 22.6 Å². The van der Waals surface area contributed by atoms with Crippen molar-refractivity contribution in [3.63, 3.8) is 0 Å². The van der Waals surface area contributed by atoms with Crippen LogP contribution in [0.1, 0.15) is 5.69 Å². The van der Waals surface area contributed by atoms with E-state index in [0.29, 0.717) is 10.7 Å². The van der Waals surface area contributed by atoms with Crippen molar-refractivity contribution in [2.75, 3.05) is 5.73 Å². The van der Waals surface area contributed by atoms with E-state index < -0.39 is 12.1 Å². The highest BCUT2D eigenvalue weighted by molar-refractivity contribution is 6.31. The Kier molecular flexibility index (Phi) is 4.42. The Balaban J connectivity index is 2.15. The van der Waals surface area contributed by atoms with Crippen LogP contribution in [-0.2, 0) is 6.61 Å². The molecule has 0 unspecified atom stereocenters. The summed E-state index contributed by atoms with van der Waals surface area (Å²) in [6.45, 7) is -0.137. The average Bonchev–Trinajstić information content (AvgIpc) is 2.39. The van der Waals surface area contributed by atoms with E-state index in [-0.39, 0.29) is 18.2 Å². The van der Waals surface area contributed by atoms with Gasteiger partial charge in [-0.3, -0.25) is 0 Å². The standard InChI is InChI=1S/C13H10ClF3N2O2/c14-8-5-6-12(18)19-9(8)7-20-10-3-1-2-4-11(10)21-13(15,16)17/h1-6H,7H2,(H2,18,19). The topological polar surface area (TPSA) is 57.4 Å². The molecular weight excluding hydrogens is 309 g/mol. The summed E-state index contributed by atoms with van der Waals surface area (Å²) < 4.78 is 46.0. The van der Waals surface area contributed by atoms with Gasteiger partial charge in [0.2, 0.25) is 0 Å². The summed E-state index contributed by atoms with van der Waals surface area (Å²) in [4.78, 5) is 3.95. The number of anilines is 1. The van der Waals surface area contributed by atoms with Gasteiger partial charge in [-0.1, -0.05) is 23.7 Å². The van der Waals surface area contributed by atoms with E-state index in [1.807, 2.05) is 0 Å². The minimum Gasteiger partial charge on any atom is -0.483 e. The van der Waals surface area contributed by atoms with Crippen LogP contribution in [0.25, 0.3) is 0 Å². The second kappa shape index (κ2) is 6.09. The summed E-state index contributed by atoms with van der Waals surface area (Å²) in [5.41, 5.74) is 5.83. The smallest absolute Gasteiger partial charge is 0.483 e. The third-order valence-corrected chi connectivity index (χ3v) is 2.72. The van der Waals surface area contributed by atoms with Gasteiger partial charge in [-0.15, -0.1) is 13.2 Å². The van der Waals surface area contributed by atoms with E-state index in [0.717, 1.165) is 6.07 Å². The number of nitrogens with two attached hydrogens (primary N) is 1. The van der Waals surface area contributed by atoms with Gasteiger partial charge in [0.25, 0.3) is 0 Å². The third-order valence-electron chi connectivity index (χ3n) is 2.38. The first-order valence-electron chi connectivity index (χ1n) is 5.73. The molecule has 0 aliphatic rings. The molecule has 0 radical (unpaired) electrons. The van der Waals surface area contributed by atoms with E-state index in [1.165, 1.54) is 30.3 Å². The van der Waals surface area contributed by atoms with Crippen LogP contribution >= 0.6 is 11.6 Å². The van der Waals surface area contributed by atoms with Crippen molar-refractivity contribution in [2.45, 2.75) is 13.0 Å². The number of hydrogen-bond donors (Lipinski definition) is 1. The molecule has 0 fully saturated rings. The van der Waals surface area contributed by atoms with Crippen molar-refractivity contribution in [3.8, 4) is 11.5 Å². The minimum absolute atomic E-state index is 0.0740. The number of halogens is 4. The van der Waals surface area contributed by atoms with Gasteiger partial charge in [-0.05, 0) is 24.3 Å². The van der Waals surface area contributed by atoms with Crippen LogP contribution in [0.15, 0.2) is 36.4 Å². The first kappa shape index (κ1) is 15.2. The van der Waals surface area contributed by atoms with Gasteiger partial charge >= 0.3 is 6.36 Å². The van der Waals surface area contributed by atoms with Gasteiger partial charge in [-0.25, -0.2) is 4.98 Å². The molecule has 0 aliphatic carbocycles. The molecule has 21 heavy (non-hydrogen) atoms. The van der Waals surface area contributed by atoms with E-state index in [4.69, 9.17) is 22.1 Å². The van der Waals surface area contributed by atoms with Crippen molar-refractivity contribution in [1.29, 1.82) is 0 Å². The molecular formula is C13H10ClF3N2O2. The fourth-order valence-corrected chi connectivity index (χ4v) is 1.69. The van der Waals surface area contributed by atoms with Gasteiger partial charge < -0.3 is 15.2 Å². The predicted octanol–water partition coefficient (Wildman–Crippen LogP) is 3.79. The van der Waals surface area contributed by atoms with Crippen LogP contribution in [-0.4, -0.2) is 11.3 Å². The Bertz CT molecular complexity index is 635. The molecule has 0 atom stereocenters. The maximum atomic E-state index is 12.3. The average molecular weight is 319 g/mol. The number of alkyl halides is 3. The highest BCUT2D eigenvalue weighted by Crippen LogP contribution is 2.32. The Morgan fingerprint density at radius 2 is 1.76 bits per heavy atom. The molecule has 0 saturated carbocycles. The highest BCUT2D eigenvalue weighted by Gasteiger charge is 2.32. The molecule has 2 aromatic rings. The lowest BCUT2D eigenvalue weighted by Gasteiger charge is -2.14. The van der Waals surface area contributed by atoms with Crippen LogP contribution in [0.3, 0.4) is 0 Å². The van der Waals surface area contributed by atoms with E-state index in [2.05, 4.69) is 9.72 Å². The SMILES string of the molecule is Nc1ccc(Cl)c(COc2ccccc2OC(F)(F)F)n1. The number of benzene rings is 1. The lowest BCUT2D eigenvalue weighted by molar-refractivity contribution is -0.275. The maximum Gasteiger partial charge on any atom is 0.573 e. The van der Waals surface area contributed by atoms with Crippen molar-refractivity contribution in [1.82, 2.24) is 4.98 Å². The number of hydrogen-bond acceptors (Lipinski definition) is 4. The monoisotopic (exact) mass is 318 g/mol. The Labute approximate surface area is 123 Å². The van der Waals surface area contributed by atoms with Crippen molar-refractivity contribution in [2.24, 2.45) is 0 Å². The Morgan fingerprint density at radius 1 is 1.10 bits per heavy atom. The molecule has 0 amide bonds. The molecule has 0 saturated heterocycles. The third kappa shape index (κ3) is 4.42. The number of para-hydroxylation sites is 2. The molecule has 2 N–H and O–H groups in total. The number of nitrogen functional groups attached to an aromatic ring is 1. The maximum absolute atomic E-state index is 12.3. The molecule has 112 valence electrons. The molecule has 0 spiro atoms. The molecule has 1 heterocycles. The Hall–Kier alpha value is -2.15. The highest BCUT2D eigenvalue weighted by atomic mass is 35.5. The van der Waals surface area contributed by atoms with Gasteiger partial charge in [0.1, 0.15) is 12.4 Å². The summed E-state index contributed by atoms with van der Waals surface area (Å²) in [6.07, 6.45) is -4.80. The van der Waals surface area contributed by atoms with Crippen LogP contribution in [0, 0.1) is 0 Å². The fraction of sp³-hybridized carbons (Fsp3) is 0.154. The summed E-state index contributed by atoms with van der Waals surface area (Å²) in [5.74, 6) is -0.280. The summed E-state index contributed by atoms with van der Waals surface area (Å²) in [6, 6.07) is 8.46. The molecule has 4 nitrogen and oxygen atoms in total. The quantitative estimate of drug-likeness (QED) is 0.931. The fourth-order valence-electron chi connectivity index (χ4n) is 1.53. The summed E-state index contributed by atoms with van der Waals surface area (Å²) in [7, 11) is 0. The molecule has 1 aromatic carbocycles. The number of ether oxygens (including phenoxy) is 2. The van der Waals surface area contributed by atoms with Crippen LogP contribution < -0.4 is 15.2 Å². The number of rotatable bonds is 4. The van der Waals surface area contributed by atoms with Crippen molar-refractivity contribution in [3.05, 3.63) is 47.1 Å². The second-order valence-corrected chi connectivity index (χ2v) is 4.36. The van der Waals surface area contributed by atoms with E-state index >= 15 is 0 Å². The number of pyridine rings is 1. The van der Waals surface area contributed by atoms with Gasteiger partial charge in [-0.2, -0.15) is 0 Å². The number of nitrogens with zero attached hydrogens (tertiary/aromatic N) is 1. The number of aromatic nitrogens is 1. The van der Waals surface area contributed by atoms with Gasteiger partial charge in [0, 0.05) is 0 Å². The lowest BCUT2D eigenvalue weighted by atomic mass is 10.3. The zero-order chi connectivity index (χ0) is 15.5. The molecule has 1 aromatic heterocycles. The minimum atomic E-state index is -4.80. The molecule has 0 aliphatic heterocycles. The van der Waals surface area contributed by atoms with Crippen LogP contribution in [0.5, 0.6) is 11.5 Å². The summed E-state index contributed by atoms with van der Waals surface area (Å²) in [5, 5.41) is 0.304. The zero-order valence-electron chi connectivity index (χ0n) is 10.5. The lowest BCUT2D eigenvalue weighted by Crippen LogP contribution is -2.17. The Morgan fingerprint density at radius 3 is 2.43 bits per heavy atom. The molecule has 8 heteroatoms. The molecule has 2 rings (SSSR count). The van der Waals surface area contributed by atoms with E-state index in [1.54, 1.807) is 0 Å². The second-order valence-electron chi connectivity index (χ2n) is 3.95. The van der Waals surface area contributed by atoms with Crippen molar-refractivity contribution >= 4 is 17.4 Å². The van der Waals surface area contributed by atoms with E-state index in [9.17, 15) is 13.2 Å². The summed E-state index contributed by atoms with van der Waals surface area (Å²) >= 11 is 5.90. The largest absolute Gasteiger partial charge is 0.573 e. The van der Waals surface area contributed by atoms with Gasteiger partial charge in [0.15, 0.2) is 11.5 Å². The van der Waals surface area contributed by atoms with Crippen LogP contribution in [0.2, 0.25) is 5.02 Å². The first-order chi connectivity index (χ1) is 9.85. The predicted molar refractivity (Wildman–Crippen MR) is 71.1 cm³/mol. The molecule has 0 bridgehead atoms. The first-order valence-corrected chi connectivity index (χ1v) is 6.11.